The minimum absolute atomic E-state index is 0.116. The molecule has 2 aromatic carbocycles. The van der Waals surface area contributed by atoms with Gasteiger partial charge in [-0.2, -0.15) is 4.31 Å². The molecule has 3 rings (SSSR count). The van der Waals surface area contributed by atoms with Gasteiger partial charge in [-0.25, -0.2) is 17.5 Å². The molecule has 1 heterocycles. The van der Waals surface area contributed by atoms with Crippen LogP contribution >= 0.6 is 22.6 Å². The monoisotopic (exact) mass is 435 g/mol. The fourth-order valence-corrected chi connectivity index (χ4v) is 5.46. The van der Waals surface area contributed by atoms with E-state index in [-0.39, 0.29) is 18.3 Å². The Morgan fingerprint density at radius 2 is 1.82 bits per heavy atom. The first kappa shape index (κ1) is 21.2. The lowest BCUT2D eigenvalue weighted by Gasteiger charge is -2.55. The molecule has 0 aliphatic carbocycles. The second-order valence-electron chi connectivity index (χ2n) is 6.63. The van der Waals surface area contributed by atoms with Gasteiger partial charge in [-0.3, -0.25) is 9.11 Å². The molecule has 0 fully saturated rings. The molecule has 28 heavy (non-hydrogen) atoms. The van der Waals surface area contributed by atoms with Crippen molar-refractivity contribution in [3.8, 4) is 0 Å². The summed E-state index contributed by atoms with van der Waals surface area (Å²) < 4.78 is 66.8. The Kier molecular flexibility index (Phi) is 6.14. The van der Waals surface area contributed by atoms with E-state index in [4.69, 9.17) is 17.3 Å². The summed E-state index contributed by atoms with van der Waals surface area (Å²) in [4.78, 5) is 0. The lowest BCUT2D eigenvalue weighted by Crippen LogP contribution is -2.46. The van der Waals surface area contributed by atoms with E-state index in [2.05, 4.69) is 0 Å². The zero-order valence-electron chi connectivity index (χ0n) is 15.1. The molecular weight excluding hydrogens is 415 g/mol. The van der Waals surface area contributed by atoms with Crippen molar-refractivity contribution in [3.63, 3.8) is 0 Å². The van der Waals surface area contributed by atoms with Gasteiger partial charge in [0.25, 0.3) is 0 Å². The largest absolute Gasteiger partial charge is 0.330 e. The molecule has 0 radical (unpaired) electrons. The van der Waals surface area contributed by atoms with Crippen LogP contribution < -0.4 is 10.0 Å². The lowest BCUT2D eigenvalue weighted by atomic mass is 10.1. The van der Waals surface area contributed by atoms with E-state index in [1.54, 1.807) is 13.0 Å². The van der Waals surface area contributed by atoms with Crippen molar-refractivity contribution in [3.05, 3.63) is 58.4 Å². The van der Waals surface area contributed by atoms with E-state index in [1.165, 1.54) is 16.4 Å². The highest BCUT2D eigenvalue weighted by Gasteiger charge is 2.42. The number of anilines is 2. The van der Waals surface area contributed by atoms with Crippen LogP contribution in [-0.2, 0) is 6.54 Å². The van der Waals surface area contributed by atoms with Crippen molar-refractivity contribution >= 4 is 33.9 Å². The van der Waals surface area contributed by atoms with Crippen molar-refractivity contribution in [1.29, 1.82) is 0 Å². The summed E-state index contributed by atoms with van der Waals surface area (Å²) in [6, 6.07) is 5.18. The van der Waals surface area contributed by atoms with Crippen molar-refractivity contribution in [2.45, 2.75) is 32.4 Å². The molecule has 0 amide bonds. The summed E-state index contributed by atoms with van der Waals surface area (Å²) in [5, 5.41) is 0.395. The Balaban J connectivity index is 2.19. The van der Waals surface area contributed by atoms with Gasteiger partial charge in [0.05, 0.1) is 5.69 Å². The van der Waals surface area contributed by atoms with Crippen LogP contribution in [0.1, 0.15) is 25.3 Å². The number of rotatable bonds is 5. The molecule has 0 aromatic heterocycles. The van der Waals surface area contributed by atoms with Crippen LogP contribution in [0.3, 0.4) is 0 Å². The van der Waals surface area contributed by atoms with Crippen LogP contribution in [0, 0.1) is 17.5 Å². The molecular formula is C18H21ClF3N3O2S. The van der Waals surface area contributed by atoms with Crippen molar-refractivity contribution < 1.29 is 22.3 Å². The number of hydrogen-bond donors (Lipinski definition) is 3. The summed E-state index contributed by atoms with van der Waals surface area (Å²) in [5.74, 6) is -3.58. The van der Waals surface area contributed by atoms with Gasteiger partial charge in [0, 0.05) is 29.7 Å². The SMILES string of the molecule is CC(CCCN)N1Cc2cc(Cl)ccc2N(c2c(F)cc(F)cc2F)S1(O)O. The first-order valence-corrected chi connectivity index (χ1v) is 10.5. The van der Waals surface area contributed by atoms with Gasteiger partial charge >= 0.3 is 0 Å². The van der Waals surface area contributed by atoms with E-state index >= 15 is 0 Å². The molecule has 5 nitrogen and oxygen atoms in total. The highest BCUT2D eigenvalue weighted by molar-refractivity contribution is 8.23. The zero-order valence-corrected chi connectivity index (χ0v) is 16.7. The van der Waals surface area contributed by atoms with Gasteiger partial charge in [-0.1, -0.05) is 11.6 Å². The molecule has 154 valence electrons. The Morgan fingerprint density at radius 1 is 1.18 bits per heavy atom. The number of benzene rings is 2. The third-order valence-corrected chi connectivity index (χ3v) is 6.87. The molecule has 1 unspecified atom stereocenters. The van der Waals surface area contributed by atoms with E-state index in [9.17, 15) is 22.3 Å². The maximum absolute atomic E-state index is 14.6. The Bertz CT molecular complexity index is 864. The highest BCUT2D eigenvalue weighted by Crippen LogP contribution is 2.60. The van der Waals surface area contributed by atoms with Gasteiger partial charge < -0.3 is 5.73 Å². The summed E-state index contributed by atoms with van der Waals surface area (Å²) in [6.45, 7) is 2.31. The Hall–Kier alpha value is -1.49. The van der Waals surface area contributed by atoms with Gasteiger partial charge in [0.1, 0.15) is 11.5 Å². The third kappa shape index (κ3) is 3.83. The topological polar surface area (TPSA) is 73.0 Å². The third-order valence-electron chi connectivity index (χ3n) is 4.65. The van der Waals surface area contributed by atoms with E-state index in [1.807, 2.05) is 0 Å². The molecule has 0 saturated heterocycles. The average molecular weight is 436 g/mol. The Morgan fingerprint density at radius 3 is 2.43 bits per heavy atom. The summed E-state index contributed by atoms with van der Waals surface area (Å²) in [6.07, 6.45) is 1.18. The second-order valence-corrected chi connectivity index (χ2v) is 8.88. The van der Waals surface area contributed by atoms with Crippen molar-refractivity contribution in [2.75, 3.05) is 10.8 Å². The van der Waals surface area contributed by atoms with Crippen LogP contribution in [0.5, 0.6) is 0 Å². The van der Waals surface area contributed by atoms with Gasteiger partial charge in [-0.05, 0) is 61.0 Å². The number of nitrogens with two attached hydrogens (primary N) is 1. The normalized spacial score (nSPS) is 18.6. The quantitative estimate of drug-likeness (QED) is 0.585. The Labute approximate surface area is 168 Å². The van der Waals surface area contributed by atoms with Gasteiger partial charge in [-0.15, -0.1) is 0 Å². The number of nitrogens with zero attached hydrogens (tertiary/aromatic N) is 2. The van der Waals surface area contributed by atoms with E-state index in [0.717, 1.165) is 4.31 Å². The predicted octanol–water partition coefficient (Wildman–Crippen LogP) is 5.42. The molecule has 10 heteroatoms. The first-order valence-electron chi connectivity index (χ1n) is 8.65. The van der Waals surface area contributed by atoms with E-state index in [0.29, 0.717) is 42.1 Å². The molecule has 1 atom stereocenters. The molecule has 4 N–H and O–H groups in total. The smallest absolute Gasteiger partial charge is 0.154 e. The van der Waals surface area contributed by atoms with Gasteiger partial charge in [0.15, 0.2) is 11.6 Å². The van der Waals surface area contributed by atoms with Crippen LogP contribution in [0.25, 0.3) is 0 Å². The minimum atomic E-state index is -3.85. The molecule has 0 spiro atoms. The number of hydrogen-bond acceptors (Lipinski definition) is 5. The molecule has 2 aromatic rings. The fraction of sp³-hybridized carbons (Fsp3) is 0.333. The zero-order chi connectivity index (χ0) is 20.6. The maximum atomic E-state index is 14.6. The molecule has 1 aliphatic rings. The van der Waals surface area contributed by atoms with Crippen molar-refractivity contribution in [1.82, 2.24) is 4.31 Å². The highest BCUT2D eigenvalue weighted by atomic mass is 35.5. The van der Waals surface area contributed by atoms with Crippen molar-refractivity contribution in [2.24, 2.45) is 5.73 Å². The number of fused-ring (bicyclic) bond motifs is 1. The van der Waals surface area contributed by atoms with Crippen LogP contribution in [-0.4, -0.2) is 26.0 Å². The number of halogens is 4. The predicted molar refractivity (Wildman–Crippen MR) is 106 cm³/mol. The van der Waals surface area contributed by atoms with Crippen LogP contribution in [0.4, 0.5) is 24.5 Å². The average Bonchev–Trinajstić information content (AvgIpc) is 2.60. The minimum Gasteiger partial charge on any atom is -0.330 e. The maximum Gasteiger partial charge on any atom is 0.154 e. The molecule has 0 saturated carbocycles. The van der Waals surface area contributed by atoms with Gasteiger partial charge in [0.2, 0.25) is 0 Å². The summed E-state index contributed by atoms with van der Waals surface area (Å²) in [5.41, 5.74) is 5.56. The first-order chi connectivity index (χ1) is 13.2. The summed E-state index contributed by atoms with van der Waals surface area (Å²) >= 11 is 6.07. The summed E-state index contributed by atoms with van der Waals surface area (Å²) in [7, 11) is -3.85. The second kappa shape index (κ2) is 8.10. The fourth-order valence-electron chi connectivity index (χ4n) is 3.30. The molecule has 1 aliphatic heterocycles. The lowest BCUT2D eigenvalue weighted by molar-refractivity contribution is 0.269. The molecule has 0 bridgehead atoms. The van der Waals surface area contributed by atoms with Crippen LogP contribution in [0.15, 0.2) is 30.3 Å². The standard InChI is InChI=1S/C18H21ClF3N3O2S/c1-11(3-2-6-23)24-10-12-7-13(19)4-5-17(12)25(28(24,26)27)18-15(21)8-14(20)9-16(18)22/h4-5,7-9,11,26-27H,2-3,6,10,23H2,1H3. The van der Waals surface area contributed by atoms with Crippen LogP contribution in [0.2, 0.25) is 5.02 Å². The van der Waals surface area contributed by atoms with E-state index < -0.39 is 34.1 Å².